The molecule has 1 amide bonds. The first-order chi connectivity index (χ1) is 8.54. The van der Waals surface area contributed by atoms with Gasteiger partial charge < -0.3 is 16.0 Å². The molecule has 1 aliphatic heterocycles. The highest BCUT2D eigenvalue weighted by Crippen LogP contribution is 2.24. The first kappa shape index (κ1) is 15.4. The summed E-state index contributed by atoms with van der Waals surface area (Å²) in [5.41, 5.74) is 5.43. The van der Waals surface area contributed by atoms with Crippen molar-refractivity contribution in [3.63, 3.8) is 0 Å². The van der Waals surface area contributed by atoms with Crippen LogP contribution in [0.15, 0.2) is 0 Å². The van der Waals surface area contributed by atoms with Crippen molar-refractivity contribution in [2.45, 2.75) is 46.1 Å². The Labute approximate surface area is 111 Å². The number of amides is 1. The van der Waals surface area contributed by atoms with Gasteiger partial charge in [0.2, 0.25) is 5.91 Å². The zero-order valence-electron chi connectivity index (χ0n) is 12.1. The smallest absolute Gasteiger partial charge is 0.235 e. The number of carbonyl (C=O) groups is 1. The second kappa shape index (κ2) is 7.74. The van der Waals surface area contributed by atoms with Crippen LogP contribution in [0.3, 0.4) is 0 Å². The fraction of sp³-hybridized carbons (Fsp3) is 0.929. The molecule has 2 atom stereocenters. The van der Waals surface area contributed by atoms with Gasteiger partial charge >= 0.3 is 0 Å². The van der Waals surface area contributed by atoms with E-state index in [9.17, 15) is 4.79 Å². The van der Waals surface area contributed by atoms with E-state index < -0.39 is 0 Å². The summed E-state index contributed by atoms with van der Waals surface area (Å²) in [7, 11) is 0. The minimum Gasteiger partial charge on any atom is -0.368 e. The van der Waals surface area contributed by atoms with E-state index in [2.05, 4.69) is 24.1 Å². The maximum absolute atomic E-state index is 11.4. The van der Waals surface area contributed by atoms with Gasteiger partial charge in [0, 0.05) is 6.54 Å². The van der Waals surface area contributed by atoms with Crippen molar-refractivity contribution in [3.8, 4) is 0 Å². The van der Waals surface area contributed by atoms with E-state index in [0.29, 0.717) is 0 Å². The summed E-state index contributed by atoms with van der Waals surface area (Å²) in [4.78, 5) is 13.7. The van der Waals surface area contributed by atoms with Gasteiger partial charge in [0.25, 0.3) is 0 Å². The zero-order valence-corrected chi connectivity index (χ0v) is 12.1. The Morgan fingerprint density at radius 3 is 2.67 bits per heavy atom. The Balaban J connectivity index is 2.44. The van der Waals surface area contributed by atoms with Crippen LogP contribution < -0.4 is 11.1 Å². The van der Waals surface area contributed by atoms with Crippen LogP contribution in [0.1, 0.15) is 40.0 Å². The van der Waals surface area contributed by atoms with Gasteiger partial charge in [0.1, 0.15) is 0 Å². The third kappa shape index (κ3) is 4.94. The van der Waals surface area contributed by atoms with Crippen LogP contribution in [0.25, 0.3) is 0 Å². The summed E-state index contributed by atoms with van der Waals surface area (Å²) in [5, 5.41) is 3.17. The molecule has 1 heterocycles. The zero-order chi connectivity index (χ0) is 13.5. The molecule has 4 heteroatoms. The van der Waals surface area contributed by atoms with E-state index in [0.717, 1.165) is 38.0 Å². The number of rotatable bonds is 6. The predicted octanol–water partition coefficient (Wildman–Crippen LogP) is 1.21. The Bertz CT molecular complexity index is 255. The van der Waals surface area contributed by atoms with Crippen LogP contribution in [-0.2, 0) is 4.79 Å². The molecule has 0 radical (unpaired) electrons. The lowest BCUT2D eigenvalue weighted by Crippen LogP contribution is -2.49. The van der Waals surface area contributed by atoms with Gasteiger partial charge in [-0.1, -0.05) is 20.8 Å². The summed E-state index contributed by atoms with van der Waals surface area (Å²) in [5.74, 6) is 1.37. The minimum atomic E-state index is -0.235. The van der Waals surface area contributed by atoms with E-state index in [1.54, 1.807) is 0 Å². The molecule has 1 aliphatic rings. The van der Waals surface area contributed by atoms with E-state index >= 15 is 0 Å². The van der Waals surface area contributed by atoms with Gasteiger partial charge in [-0.3, -0.25) is 4.79 Å². The normalized spacial score (nSPS) is 23.9. The van der Waals surface area contributed by atoms with Crippen molar-refractivity contribution in [2.24, 2.45) is 17.6 Å². The van der Waals surface area contributed by atoms with Crippen LogP contribution >= 0.6 is 0 Å². The fourth-order valence-corrected chi connectivity index (χ4v) is 2.79. The molecular formula is C14H29N3O. The van der Waals surface area contributed by atoms with Gasteiger partial charge in [-0.25, -0.2) is 0 Å². The van der Waals surface area contributed by atoms with Crippen molar-refractivity contribution in [1.82, 2.24) is 10.2 Å². The van der Waals surface area contributed by atoms with Gasteiger partial charge in [-0.05, 0) is 50.7 Å². The van der Waals surface area contributed by atoms with Crippen LogP contribution in [-0.4, -0.2) is 43.0 Å². The topological polar surface area (TPSA) is 58.4 Å². The standard InChI is InChI=1S/C14H29N3O/c1-4-16-13(14(15)18)10-17-8-5-6-12(7-9-17)11(2)3/h11-13,16H,4-10H2,1-3H3,(H2,15,18). The number of likely N-dealkylation sites (tertiary alicyclic amines) is 1. The molecule has 0 saturated carbocycles. The van der Waals surface area contributed by atoms with Gasteiger partial charge in [-0.2, -0.15) is 0 Å². The quantitative estimate of drug-likeness (QED) is 0.750. The average Bonchev–Trinajstić information content (AvgIpc) is 2.54. The third-order valence-corrected chi connectivity index (χ3v) is 4.04. The largest absolute Gasteiger partial charge is 0.368 e. The number of hydrogen-bond acceptors (Lipinski definition) is 3. The summed E-state index contributed by atoms with van der Waals surface area (Å²) in [6.07, 6.45) is 3.80. The second-order valence-corrected chi connectivity index (χ2v) is 5.75. The monoisotopic (exact) mass is 255 g/mol. The van der Waals surface area contributed by atoms with Crippen molar-refractivity contribution in [3.05, 3.63) is 0 Å². The molecule has 1 fully saturated rings. The molecule has 0 bridgehead atoms. The number of likely N-dealkylation sites (N-methyl/N-ethyl adjacent to an activating group) is 1. The molecule has 2 unspecified atom stereocenters. The van der Waals surface area contributed by atoms with Gasteiger partial charge in [-0.15, -0.1) is 0 Å². The molecule has 0 aromatic carbocycles. The highest BCUT2D eigenvalue weighted by molar-refractivity contribution is 5.80. The molecule has 1 saturated heterocycles. The third-order valence-electron chi connectivity index (χ3n) is 4.04. The molecule has 0 aromatic rings. The van der Waals surface area contributed by atoms with Gasteiger partial charge in [0.05, 0.1) is 6.04 Å². The van der Waals surface area contributed by atoms with Crippen LogP contribution in [0.4, 0.5) is 0 Å². The maximum atomic E-state index is 11.4. The average molecular weight is 255 g/mol. The molecule has 1 rings (SSSR count). The first-order valence-electron chi connectivity index (χ1n) is 7.29. The van der Waals surface area contributed by atoms with Crippen molar-refractivity contribution in [1.29, 1.82) is 0 Å². The number of hydrogen-bond donors (Lipinski definition) is 2. The lowest BCUT2D eigenvalue weighted by molar-refractivity contribution is -0.120. The number of carbonyl (C=O) groups excluding carboxylic acids is 1. The fourth-order valence-electron chi connectivity index (χ4n) is 2.79. The molecule has 106 valence electrons. The molecule has 0 aromatic heterocycles. The molecule has 4 nitrogen and oxygen atoms in total. The highest BCUT2D eigenvalue weighted by atomic mass is 16.1. The number of nitrogens with zero attached hydrogens (tertiary/aromatic N) is 1. The van der Waals surface area contributed by atoms with E-state index in [1.807, 2.05) is 6.92 Å². The van der Waals surface area contributed by atoms with E-state index in [4.69, 9.17) is 5.73 Å². The van der Waals surface area contributed by atoms with Crippen LogP contribution in [0, 0.1) is 11.8 Å². The van der Waals surface area contributed by atoms with Crippen LogP contribution in [0.2, 0.25) is 0 Å². The Morgan fingerprint density at radius 1 is 1.39 bits per heavy atom. The lowest BCUT2D eigenvalue weighted by Gasteiger charge is -2.25. The SMILES string of the molecule is CCNC(CN1CCCC(C(C)C)CC1)C(N)=O. The minimum absolute atomic E-state index is 0.203. The molecule has 3 N–H and O–H groups in total. The van der Waals surface area contributed by atoms with E-state index in [1.165, 1.54) is 19.3 Å². The Kier molecular flexibility index (Phi) is 6.65. The van der Waals surface area contributed by atoms with E-state index in [-0.39, 0.29) is 11.9 Å². The maximum Gasteiger partial charge on any atom is 0.235 e. The van der Waals surface area contributed by atoms with Crippen LogP contribution in [0.5, 0.6) is 0 Å². The lowest BCUT2D eigenvalue weighted by atomic mass is 9.89. The Morgan fingerprint density at radius 2 is 2.11 bits per heavy atom. The predicted molar refractivity (Wildman–Crippen MR) is 75.3 cm³/mol. The highest BCUT2D eigenvalue weighted by Gasteiger charge is 2.23. The number of nitrogens with one attached hydrogen (secondary N) is 1. The van der Waals surface area contributed by atoms with Crippen molar-refractivity contribution >= 4 is 5.91 Å². The number of primary amides is 1. The molecule has 0 spiro atoms. The van der Waals surface area contributed by atoms with Gasteiger partial charge in [0.15, 0.2) is 0 Å². The summed E-state index contributed by atoms with van der Waals surface area (Å²) >= 11 is 0. The summed E-state index contributed by atoms with van der Waals surface area (Å²) < 4.78 is 0. The Hall–Kier alpha value is -0.610. The summed E-state index contributed by atoms with van der Waals surface area (Å²) in [6.45, 7) is 10.4. The van der Waals surface area contributed by atoms with Crippen molar-refractivity contribution in [2.75, 3.05) is 26.2 Å². The first-order valence-corrected chi connectivity index (χ1v) is 7.29. The second-order valence-electron chi connectivity index (χ2n) is 5.75. The summed E-state index contributed by atoms with van der Waals surface area (Å²) in [6, 6.07) is -0.203. The number of nitrogens with two attached hydrogens (primary N) is 1. The van der Waals surface area contributed by atoms with Crippen molar-refractivity contribution < 1.29 is 4.79 Å². The molecule has 0 aliphatic carbocycles. The molecular weight excluding hydrogens is 226 g/mol. The molecule has 18 heavy (non-hydrogen) atoms.